The number of nitrogens with zero attached hydrogens (tertiary/aromatic N) is 2. The molecule has 0 radical (unpaired) electrons. The molecule has 0 bridgehead atoms. The molecule has 1 aliphatic heterocycles. The highest BCUT2D eigenvalue weighted by Crippen LogP contribution is 2.28. The van der Waals surface area contributed by atoms with E-state index in [1.807, 2.05) is 24.4 Å². The quantitative estimate of drug-likeness (QED) is 0.888. The first kappa shape index (κ1) is 14.9. The molecule has 0 unspecified atom stereocenters. The van der Waals surface area contributed by atoms with Gasteiger partial charge in [-0.3, -0.25) is 4.90 Å². The third-order valence-corrected chi connectivity index (χ3v) is 4.95. The number of hydrogen-bond donors (Lipinski definition) is 1. The van der Waals surface area contributed by atoms with Crippen molar-refractivity contribution in [3.05, 3.63) is 42.4 Å². The largest absolute Gasteiger partial charge is 0.439 e. The second-order valence-corrected chi connectivity index (χ2v) is 6.89. The minimum absolute atomic E-state index is 0.705. The Bertz CT molecular complexity index is 613. The van der Waals surface area contributed by atoms with Crippen LogP contribution in [0.5, 0.6) is 0 Å². The molecule has 2 fully saturated rings. The molecule has 2 heterocycles. The predicted octanol–water partition coefficient (Wildman–Crippen LogP) is 3.31. The van der Waals surface area contributed by atoms with Crippen LogP contribution in [-0.4, -0.2) is 35.6 Å². The zero-order valence-corrected chi connectivity index (χ0v) is 13.6. The summed E-state index contributed by atoms with van der Waals surface area (Å²) in [7, 11) is 0. The summed E-state index contributed by atoms with van der Waals surface area (Å²) in [5.74, 6) is 2.66. The molecule has 2 aromatic rings. The minimum Gasteiger partial charge on any atom is -0.439 e. The van der Waals surface area contributed by atoms with Gasteiger partial charge in [-0.1, -0.05) is 30.3 Å². The average Bonchev–Trinajstić information content (AvgIpc) is 3.32. The van der Waals surface area contributed by atoms with Gasteiger partial charge in [0.25, 0.3) is 0 Å². The van der Waals surface area contributed by atoms with Crippen LogP contribution in [-0.2, 0) is 6.54 Å². The van der Waals surface area contributed by atoms with Crippen LogP contribution >= 0.6 is 0 Å². The van der Waals surface area contributed by atoms with E-state index in [0.29, 0.717) is 6.04 Å². The van der Waals surface area contributed by atoms with Crippen molar-refractivity contribution in [1.82, 2.24) is 15.2 Å². The van der Waals surface area contributed by atoms with E-state index < -0.39 is 0 Å². The molecule has 0 atom stereocenters. The molecular weight excluding hydrogens is 286 g/mol. The van der Waals surface area contributed by atoms with E-state index in [4.69, 9.17) is 4.42 Å². The van der Waals surface area contributed by atoms with Gasteiger partial charge in [-0.15, -0.1) is 0 Å². The Morgan fingerprint density at radius 2 is 1.87 bits per heavy atom. The van der Waals surface area contributed by atoms with E-state index in [1.165, 1.54) is 32.2 Å². The highest BCUT2D eigenvalue weighted by molar-refractivity contribution is 5.55. The summed E-state index contributed by atoms with van der Waals surface area (Å²) in [4.78, 5) is 6.90. The van der Waals surface area contributed by atoms with Crippen molar-refractivity contribution in [3.8, 4) is 11.3 Å². The lowest BCUT2D eigenvalue weighted by molar-refractivity contribution is 0.176. The van der Waals surface area contributed by atoms with Crippen LogP contribution in [0.3, 0.4) is 0 Å². The number of nitrogens with one attached hydrogen (secondary N) is 1. The summed E-state index contributed by atoms with van der Waals surface area (Å²) in [6, 6.07) is 10.9. The van der Waals surface area contributed by atoms with Gasteiger partial charge in [-0.25, -0.2) is 4.98 Å². The molecule has 1 aromatic heterocycles. The van der Waals surface area contributed by atoms with Gasteiger partial charge < -0.3 is 9.73 Å². The molecule has 1 saturated carbocycles. The number of benzene rings is 1. The molecular formula is C19H25N3O. The molecule has 122 valence electrons. The Hall–Kier alpha value is -1.65. The predicted molar refractivity (Wildman–Crippen MR) is 91.0 cm³/mol. The normalized spacial score (nSPS) is 20.0. The zero-order valence-electron chi connectivity index (χ0n) is 13.6. The van der Waals surface area contributed by atoms with Gasteiger partial charge in [0.1, 0.15) is 0 Å². The maximum absolute atomic E-state index is 5.92. The summed E-state index contributed by atoms with van der Waals surface area (Å²) in [5.41, 5.74) is 1.09. The highest BCUT2D eigenvalue weighted by atomic mass is 16.4. The Balaban J connectivity index is 1.27. The average molecular weight is 311 g/mol. The number of hydrogen-bond acceptors (Lipinski definition) is 4. The zero-order chi connectivity index (χ0) is 15.5. The Labute approximate surface area is 137 Å². The molecule has 1 aromatic carbocycles. The molecule has 4 heteroatoms. The maximum Gasteiger partial charge on any atom is 0.209 e. The Morgan fingerprint density at radius 3 is 2.61 bits per heavy atom. The van der Waals surface area contributed by atoms with E-state index in [2.05, 4.69) is 27.3 Å². The summed E-state index contributed by atoms with van der Waals surface area (Å²) in [6.07, 6.45) is 7.17. The smallest absolute Gasteiger partial charge is 0.209 e. The SMILES string of the molecule is c1ccc(-c2cnc(CN3CCC(NCC4CC4)CC3)o2)cc1. The van der Waals surface area contributed by atoms with Crippen LogP contribution in [0.2, 0.25) is 0 Å². The van der Waals surface area contributed by atoms with Crippen LogP contribution in [0, 0.1) is 5.92 Å². The lowest BCUT2D eigenvalue weighted by atomic mass is 10.0. The van der Waals surface area contributed by atoms with E-state index in [1.54, 1.807) is 0 Å². The summed E-state index contributed by atoms with van der Waals surface area (Å²) < 4.78 is 5.92. The molecule has 1 N–H and O–H groups in total. The molecule has 0 amide bonds. The fraction of sp³-hybridized carbons (Fsp3) is 0.526. The van der Waals surface area contributed by atoms with Crippen LogP contribution in [0.15, 0.2) is 40.9 Å². The van der Waals surface area contributed by atoms with Crippen molar-refractivity contribution in [2.75, 3.05) is 19.6 Å². The third-order valence-electron chi connectivity index (χ3n) is 4.95. The van der Waals surface area contributed by atoms with Crippen molar-refractivity contribution < 1.29 is 4.42 Å². The van der Waals surface area contributed by atoms with Crippen molar-refractivity contribution >= 4 is 0 Å². The van der Waals surface area contributed by atoms with Crippen molar-refractivity contribution in [2.45, 2.75) is 38.3 Å². The van der Waals surface area contributed by atoms with Gasteiger partial charge >= 0.3 is 0 Å². The molecule has 4 nitrogen and oxygen atoms in total. The van der Waals surface area contributed by atoms with Gasteiger partial charge in [-0.2, -0.15) is 0 Å². The van der Waals surface area contributed by atoms with Crippen molar-refractivity contribution in [1.29, 1.82) is 0 Å². The van der Waals surface area contributed by atoms with E-state index >= 15 is 0 Å². The third kappa shape index (κ3) is 4.01. The number of aromatic nitrogens is 1. The highest BCUT2D eigenvalue weighted by Gasteiger charge is 2.24. The standard InChI is InChI=1S/C19H25N3O/c1-2-4-16(5-3-1)18-13-21-19(23-18)14-22-10-8-17(9-11-22)20-12-15-6-7-15/h1-5,13,15,17,20H,6-12,14H2. The Kier molecular flexibility index (Phi) is 4.44. The first-order chi connectivity index (χ1) is 11.4. The minimum atomic E-state index is 0.705. The topological polar surface area (TPSA) is 41.3 Å². The lowest BCUT2D eigenvalue weighted by Crippen LogP contribution is -2.42. The van der Waals surface area contributed by atoms with Crippen LogP contribution < -0.4 is 5.32 Å². The van der Waals surface area contributed by atoms with Crippen molar-refractivity contribution in [3.63, 3.8) is 0 Å². The number of oxazole rings is 1. The molecule has 4 rings (SSSR count). The molecule has 1 saturated heterocycles. The fourth-order valence-corrected chi connectivity index (χ4v) is 3.26. The maximum atomic E-state index is 5.92. The summed E-state index contributed by atoms with van der Waals surface area (Å²) in [5, 5.41) is 3.73. The van der Waals surface area contributed by atoms with Crippen molar-refractivity contribution in [2.24, 2.45) is 5.92 Å². The first-order valence-electron chi connectivity index (χ1n) is 8.83. The number of rotatable bonds is 6. The molecule has 2 aliphatic rings. The van der Waals surface area contributed by atoms with Gasteiger partial charge in [0.05, 0.1) is 12.7 Å². The second kappa shape index (κ2) is 6.85. The van der Waals surface area contributed by atoms with E-state index in [9.17, 15) is 0 Å². The lowest BCUT2D eigenvalue weighted by Gasteiger charge is -2.31. The number of piperidine rings is 1. The monoisotopic (exact) mass is 311 g/mol. The van der Waals surface area contributed by atoms with Gasteiger partial charge in [0.15, 0.2) is 5.76 Å². The van der Waals surface area contributed by atoms with Gasteiger partial charge in [0, 0.05) is 24.7 Å². The Morgan fingerprint density at radius 1 is 1.09 bits per heavy atom. The fourth-order valence-electron chi connectivity index (χ4n) is 3.26. The van der Waals surface area contributed by atoms with Crippen LogP contribution in [0.4, 0.5) is 0 Å². The van der Waals surface area contributed by atoms with Gasteiger partial charge in [0.2, 0.25) is 5.89 Å². The van der Waals surface area contributed by atoms with Gasteiger partial charge in [-0.05, 0) is 38.1 Å². The first-order valence-corrected chi connectivity index (χ1v) is 8.83. The summed E-state index contributed by atoms with van der Waals surface area (Å²) >= 11 is 0. The van der Waals surface area contributed by atoms with Crippen LogP contribution in [0.1, 0.15) is 31.6 Å². The molecule has 23 heavy (non-hydrogen) atoms. The second-order valence-electron chi connectivity index (χ2n) is 6.89. The number of likely N-dealkylation sites (tertiary alicyclic amines) is 1. The summed E-state index contributed by atoms with van der Waals surface area (Å²) in [6.45, 7) is 4.31. The van der Waals surface area contributed by atoms with E-state index in [-0.39, 0.29) is 0 Å². The molecule has 1 aliphatic carbocycles. The van der Waals surface area contributed by atoms with Crippen LogP contribution in [0.25, 0.3) is 11.3 Å². The van der Waals surface area contributed by atoms with E-state index in [0.717, 1.165) is 42.8 Å². The molecule has 0 spiro atoms.